The van der Waals surface area contributed by atoms with Crippen molar-refractivity contribution in [2.75, 3.05) is 5.32 Å². The Kier molecular flexibility index (Phi) is 5.68. The predicted octanol–water partition coefficient (Wildman–Crippen LogP) is 2.83. The van der Waals surface area contributed by atoms with E-state index in [0.717, 1.165) is 11.3 Å². The lowest BCUT2D eigenvalue weighted by Gasteiger charge is -2.16. The highest BCUT2D eigenvalue weighted by molar-refractivity contribution is 7.15. The number of rotatable bonds is 4. The van der Waals surface area contributed by atoms with Gasteiger partial charge < -0.3 is 11.1 Å². The Morgan fingerprint density at radius 1 is 1.35 bits per heavy atom. The van der Waals surface area contributed by atoms with E-state index in [2.05, 4.69) is 22.4 Å². The van der Waals surface area contributed by atoms with Crippen LogP contribution in [0.3, 0.4) is 0 Å². The van der Waals surface area contributed by atoms with Gasteiger partial charge in [0, 0.05) is 17.5 Å². The highest BCUT2D eigenvalue weighted by Gasteiger charge is 2.22. The fourth-order valence-corrected chi connectivity index (χ4v) is 2.34. The van der Waals surface area contributed by atoms with E-state index in [1.165, 1.54) is 16.9 Å². The first-order valence-electron chi connectivity index (χ1n) is 6.04. The molecule has 3 N–H and O–H groups in total. The van der Waals surface area contributed by atoms with Gasteiger partial charge in [0.2, 0.25) is 5.91 Å². The van der Waals surface area contributed by atoms with Crippen LogP contribution >= 0.6 is 23.7 Å². The fraction of sp³-hybridized carbons (Fsp3) is 0.286. The molecular weight excluding hydrogens is 294 g/mol. The molecule has 1 aromatic carbocycles. The Bertz CT molecular complexity index is 563. The second-order valence-electron chi connectivity index (χ2n) is 4.97. The van der Waals surface area contributed by atoms with Crippen molar-refractivity contribution in [1.82, 2.24) is 4.98 Å². The van der Waals surface area contributed by atoms with Gasteiger partial charge in [-0.25, -0.2) is 4.98 Å². The molecule has 0 fully saturated rings. The van der Waals surface area contributed by atoms with E-state index in [1.54, 1.807) is 20.0 Å². The van der Waals surface area contributed by atoms with Crippen LogP contribution in [-0.2, 0) is 11.2 Å². The first-order chi connectivity index (χ1) is 8.95. The number of aromatic nitrogens is 1. The van der Waals surface area contributed by atoms with Gasteiger partial charge in [-0.2, -0.15) is 0 Å². The van der Waals surface area contributed by atoms with Gasteiger partial charge in [-0.15, -0.1) is 23.7 Å². The molecule has 0 saturated heterocycles. The number of nitrogens with zero attached hydrogens (tertiary/aromatic N) is 1. The van der Waals surface area contributed by atoms with Crippen LogP contribution in [-0.4, -0.2) is 16.4 Å². The number of benzene rings is 1. The summed E-state index contributed by atoms with van der Waals surface area (Å²) in [5.41, 5.74) is 6.05. The summed E-state index contributed by atoms with van der Waals surface area (Å²) in [6.07, 6.45) is 2.61. The standard InChI is InChI=1S/C14H17N3OS.ClH/c1-14(2,15)12(18)17-13-16-9-11(19-13)8-10-6-4-3-5-7-10;/h3-7,9H,8,15H2,1-2H3,(H,16,17,18);1H. The Hall–Kier alpha value is -1.43. The molecule has 1 amide bonds. The second-order valence-corrected chi connectivity index (χ2v) is 6.09. The first-order valence-corrected chi connectivity index (χ1v) is 6.86. The van der Waals surface area contributed by atoms with Crippen molar-refractivity contribution in [3.63, 3.8) is 0 Å². The second kappa shape index (κ2) is 6.83. The van der Waals surface area contributed by atoms with Crippen molar-refractivity contribution < 1.29 is 4.79 Å². The largest absolute Gasteiger partial charge is 0.318 e. The summed E-state index contributed by atoms with van der Waals surface area (Å²) in [5.74, 6) is -0.229. The molecule has 1 aromatic heterocycles. The molecule has 0 bridgehead atoms. The van der Waals surface area contributed by atoms with E-state index >= 15 is 0 Å². The van der Waals surface area contributed by atoms with E-state index in [-0.39, 0.29) is 18.3 Å². The van der Waals surface area contributed by atoms with Crippen molar-refractivity contribution >= 4 is 34.8 Å². The number of nitrogens with two attached hydrogens (primary N) is 1. The number of nitrogens with one attached hydrogen (secondary N) is 1. The third-order valence-electron chi connectivity index (χ3n) is 2.58. The molecule has 108 valence electrons. The van der Waals surface area contributed by atoms with Gasteiger partial charge in [-0.05, 0) is 19.4 Å². The average molecular weight is 312 g/mol. The van der Waals surface area contributed by atoms with Crippen LogP contribution in [0.1, 0.15) is 24.3 Å². The highest BCUT2D eigenvalue weighted by Crippen LogP contribution is 2.21. The van der Waals surface area contributed by atoms with Crippen LogP contribution in [0.5, 0.6) is 0 Å². The number of hydrogen-bond acceptors (Lipinski definition) is 4. The molecule has 0 aliphatic rings. The smallest absolute Gasteiger partial charge is 0.245 e. The predicted molar refractivity (Wildman–Crippen MR) is 85.5 cm³/mol. The monoisotopic (exact) mass is 311 g/mol. The number of halogens is 1. The molecule has 2 aromatic rings. The molecule has 0 radical (unpaired) electrons. The Morgan fingerprint density at radius 2 is 2.00 bits per heavy atom. The normalized spacial score (nSPS) is 10.8. The summed E-state index contributed by atoms with van der Waals surface area (Å²) in [4.78, 5) is 17.0. The third-order valence-corrected chi connectivity index (χ3v) is 3.49. The van der Waals surface area contributed by atoms with Crippen LogP contribution < -0.4 is 11.1 Å². The first kappa shape index (κ1) is 16.6. The number of carbonyl (C=O) groups is 1. The molecule has 20 heavy (non-hydrogen) atoms. The maximum absolute atomic E-state index is 11.7. The molecule has 6 heteroatoms. The highest BCUT2D eigenvalue weighted by atomic mass is 35.5. The molecule has 0 spiro atoms. The van der Waals surface area contributed by atoms with Crippen LogP contribution in [0.25, 0.3) is 0 Å². The van der Waals surface area contributed by atoms with Gasteiger partial charge in [0.25, 0.3) is 0 Å². The topological polar surface area (TPSA) is 68.0 Å². The zero-order valence-electron chi connectivity index (χ0n) is 11.4. The number of anilines is 1. The van der Waals surface area contributed by atoms with Crippen molar-refractivity contribution in [1.29, 1.82) is 0 Å². The lowest BCUT2D eigenvalue weighted by Crippen LogP contribution is -2.45. The van der Waals surface area contributed by atoms with Crippen molar-refractivity contribution in [3.05, 3.63) is 47.0 Å². The van der Waals surface area contributed by atoms with Gasteiger partial charge in [0.15, 0.2) is 5.13 Å². The van der Waals surface area contributed by atoms with Crippen LogP contribution in [0, 0.1) is 0 Å². The maximum Gasteiger partial charge on any atom is 0.245 e. The van der Waals surface area contributed by atoms with Gasteiger partial charge >= 0.3 is 0 Å². The Balaban J connectivity index is 0.00000200. The quantitative estimate of drug-likeness (QED) is 0.912. The van der Waals surface area contributed by atoms with Crippen molar-refractivity contribution in [2.45, 2.75) is 25.8 Å². The van der Waals surface area contributed by atoms with Gasteiger partial charge in [0.1, 0.15) is 0 Å². The van der Waals surface area contributed by atoms with Gasteiger partial charge in [-0.3, -0.25) is 4.79 Å². The lowest BCUT2D eigenvalue weighted by molar-refractivity contribution is -0.120. The molecule has 2 rings (SSSR count). The van der Waals surface area contributed by atoms with E-state index in [9.17, 15) is 4.79 Å². The van der Waals surface area contributed by atoms with Crippen LogP contribution in [0.4, 0.5) is 5.13 Å². The molecule has 4 nitrogen and oxygen atoms in total. The van der Waals surface area contributed by atoms with Gasteiger partial charge in [-0.1, -0.05) is 30.3 Å². The zero-order chi connectivity index (χ0) is 13.9. The molecule has 0 saturated carbocycles. The number of carbonyl (C=O) groups excluding carboxylic acids is 1. The van der Waals surface area contributed by atoms with Crippen LogP contribution in [0.15, 0.2) is 36.5 Å². The van der Waals surface area contributed by atoms with E-state index in [1.807, 2.05) is 18.2 Å². The summed E-state index contributed by atoms with van der Waals surface area (Å²) >= 11 is 1.47. The summed E-state index contributed by atoms with van der Waals surface area (Å²) in [5, 5.41) is 3.32. The molecule has 0 aliphatic heterocycles. The lowest BCUT2D eigenvalue weighted by atomic mass is 10.1. The molecular formula is C14H18ClN3OS. The molecule has 0 unspecified atom stereocenters. The van der Waals surface area contributed by atoms with Crippen molar-refractivity contribution in [3.8, 4) is 0 Å². The Morgan fingerprint density at radius 3 is 2.60 bits per heavy atom. The summed E-state index contributed by atoms with van der Waals surface area (Å²) in [7, 11) is 0. The van der Waals surface area contributed by atoms with E-state index in [4.69, 9.17) is 5.73 Å². The SMILES string of the molecule is CC(C)(N)C(=O)Nc1ncc(Cc2ccccc2)s1.Cl. The molecule has 1 heterocycles. The third kappa shape index (κ3) is 4.59. The number of amides is 1. The van der Waals surface area contributed by atoms with E-state index in [0.29, 0.717) is 5.13 Å². The minimum Gasteiger partial charge on any atom is -0.318 e. The molecule has 0 aliphatic carbocycles. The van der Waals surface area contributed by atoms with Crippen LogP contribution in [0.2, 0.25) is 0 Å². The summed E-state index contributed by atoms with van der Waals surface area (Å²) in [6, 6.07) is 10.2. The zero-order valence-corrected chi connectivity index (χ0v) is 13.1. The minimum absolute atomic E-state index is 0. The fourth-order valence-electron chi connectivity index (χ4n) is 1.50. The van der Waals surface area contributed by atoms with E-state index < -0.39 is 5.54 Å². The Labute approximate surface area is 128 Å². The molecule has 0 atom stereocenters. The van der Waals surface area contributed by atoms with Crippen molar-refractivity contribution in [2.24, 2.45) is 5.73 Å². The minimum atomic E-state index is -0.898. The summed E-state index contributed by atoms with van der Waals surface area (Å²) in [6.45, 7) is 3.33. The summed E-state index contributed by atoms with van der Waals surface area (Å²) < 4.78 is 0. The maximum atomic E-state index is 11.7. The average Bonchev–Trinajstić information content (AvgIpc) is 2.76. The van der Waals surface area contributed by atoms with Gasteiger partial charge in [0.05, 0.1) is 5.54 Å². The number of hydrogen-bond donors (Lipinski definition) is 2. The number of thiazole rings is 1.